The molecule has 258 valence electrons. The number of allylic oxidation sites excluding steroid dienone is 2. The molecule has 4 atom stereocenters. The van der Waals surface area contributed by atoms with Gasteiger partial charge in [-0.25, -0.2) is 22.2 Å². The van der Waals surface area contributed by atoms with Gasteiger partial charge in [-0.2, -0.15) is 0 Å². The first-order valence-corrected chi connectivity index (χ1v) is 19.8. The third-order valence-corrected chi connectivity index (χ3v) is 13.0. The molecule has 3 aliphatic heterocycles. The normalized spacial score (nSPS) is 26.1. The summed E-state index contributed by atoms with van der Waals surface area (Å²) in [7, 11) is -3.64. The number of benzene rings is 2. The number of hydrogen-bond acceptors (Lipinski definition) is 8. The third-order valence-electron chi connectivity index (χ3n) is 10.0. The van der Waals surface area contributed by atoms with E-state index in [0.29, 0.717) is 58.7 Å². The molecular weight excluding hydrogens is 686 g/mol. The molecule has 2 aromatic carbocycles. The van der Waals surface area contributed by atoms with Crippen LogP contribution in [0.2, 0.25) is 5.02 Å². The van der Waals surface area contributed by atoms with Crippen LogP contribution < -0.4 is 0 Å². The van der Waals surface area contributed by atoms with E-state index in [1.807, 2.05) is 29.7 Å². The van der Waals surface area contributed by atoms with Crippen LogP contribution in [0.15, 0.2) is 92.3 Å². The van der Waals surface area contributed by atoms with E-state index in [0.717, 1.165) is 42.5 Å². The molecule has 2 unspecified atom stereocenters. The Morgan fingerprint density at radius 2 is 1.88 bits per heavy atom. The minimum absolute atomic E-state index is 0.0539. The monoisotopic (exact) mass is 724 g/mol. The lowest BCUT2D eigenvalue weighted by Gasteiger charge is -2.33. The summed E-state index contributed by atoms with van der Waals surface area (Å²) in [6, 6.07) is 10.7. The Kier molecular flexibility index (Phi) is 9.89. The van der Waals surface area contributed by atoms with Gasteiger partial charge in [0.05, 0.1) is 34.7 Å². The van der Waals surface area contributed by atoms with Crippen LogP contribution in [-0.2, 0) is 9.84 Å². The second kappa shape index (κ2) is 14.2. The van der Waals surface area contributed by atoms with E-state index in [2.05, 4.69) is 9.88 Å². The van der Waals surface area contributed by atoms with Crippen molar-refractivity contribution in [3.05, 3.63) is 104 Å². The number of rotatable bonds is 10. The largest absolute Gasteiger partial charge is 0.393 e. The van der Waals surface area contributed by atoms with E-state index in [-0.39, 0.29) is 28.8 Å². The Morgan fingerprint density at radius 1 is 1.10 bits per heavy atom. The quantitative estimate of drug-likeness (QED) is 0.229. The lowest BCUT2D eigenvalue weighted by atomic mass is 9.83. The fraction of sp³-hybridized carbons (Fsp3) is 0.432. The van der Waals surface area contributed by atoms with Gasteiger partial charge in [-0.15, -0.1) is 11.3 Å². The molecule has 12 heteroatoms. The molecule has 4 heterocycles. The average Bonchev–Trinajstić information content (AvgIpc) is 3.85. The molecule has 49 heavy (non-hydrogen) atoms. The second-order valence-electron chi connectivity index (χ2n) is 13.6. The molecule has 4 aliphatic rings. The van der Waals surface area contributed by atoms with E-state index in [1.54, 1.807) is 24.4 Å². The predicted molar refractivity (Wildman–Crippen MR) is 191 cm³/mol. The van der Waals surface area contributed by atoms with Crippen LogP contribution in [0.3, 0.4) is 0 Å². The lowest BCUT2D eigenvalue weighted by Crippen LogP contribution is -2.35. The van der Waals surface area contributed by atoms with Crippen LogP contribution in [0.1, 0.15) is 80.0 Å². The number of hydrogen-bond donors (Lipinski definition) is 1. The Labute approximate surface area is 295 Å². The molecule has 7 rings (SSSR count). The third kappa shape index (κ3) is 7.31. The van der Waals surface area contributed by atoms with Gasteiger partial charge in [0.15, 0.2) is 20.7 Å². The van der Waals surface area contributed by atoms with Crippen LogP contribution in [-0.4, -0.2) is 65.6 Å². The summed E-state index contributed by atoms with van der Waals surface area (Å²) in [5.41, 5.74) is 4.10. The molecule has 1 saturated carbocycles. The van der Waals surface area contributed by atoms with Crippen molar-refractivity contribution in [2.24, 2.45) is 15.9 Å². The number of alkyl halides is 1. The van der Waals surface area contributed by atoms with E-state index >= 15 is 0 Å². The first-order valence-electron chi connectivity index (χ1n) is 16.9. The number of thiazole rings is 1. The minimum atomic E-state index is -3.64. The molecule has 1 saturated heterocycles. The second-order valence-corrected chi connectivity index (χ2v) is 16.9. The van der Waals surface area contributed by atoms with Gasteiger partial charge in [-0.1, -0.05) is 35.9 Å². The highest BCUT2D eigenvalue weighted by molar-refractivity contribution is 7.91. The van der Waals surface area contributed by atoms with E-state index in [9.17, 15) is 22.3 Å². The highest BCUT2D eigenvalue weighted by Crippen LogP contribution is 2.45. The van der Waals surface area contributed by atoms with Crippen molar-refractivity contribution in [2.45, 2.75) is 87.0 Å². The summed E-state index contributed by atoms with van der Waals surface area (Å²) in [5.74, 6) is 0.180. The number of sulfone groups is 1. The van der Waals surface area contributed by atoms with Gasteiger partial charge in [0.25, 0.3) is 0 Å². The van der Waals surface area contributed by atoms with E-state index in [1.165, 1.54) is 30.4 Å². The van der Waals surface area contributed by atoms with E-state index < -0.39 is 27.9 Å². The fourth-order valence-electron chi connectivity index (χ4n) is 7.50. The van der Waals surface area contributed by atoms with Gasteiger partial charge in [-0.05, 0) is 99.6 Å². The van der Waals surface area contributed by atoms with Gasteiger partial charge >= 0.3 is 0 Å². The molecule has 0 radical (unpaired) electrons. The van der Waals surface area contributed by atoms with Crippen molar-refractivity contribution >= 4 is 44.3 Å². The fourth-order valence-corrected chi connectivity index (χ4v) is 10.0. The first-order chi connectivity index (χ1) is 23.6. The average molecular weight is 725 g/mol. The Morgan fingerprint density at radius 3 is 2.57 bits per heavy atom. The van der Waals surface area contributed by atoms with Gasteiger partial charge in [-0.3, -0.25) is 9.98 Å². The summed E-state index contributed by atoms with van der Waals surface area (Å²) in [5, 5.41) is 12.7. The standard InChI is InChI=1S/C37H39ClF2N4O3S2/c1-22(39)2-8-27-9-15-32(42-27)34-33-18-23(21-49(46,47)29-12-5-25(6-13-29)24-3-10-28(45)11-4-24)20-44(33)36(37-41-16-17-48-37)43-35(34)30-14-7-26(40)19-31(30)38/h5-7,9,12-17,19,22-24,27-28,35,45H,2-4,8,10-11,18,20-21H2,1H3/t22?,23-,24?,27?,28?,35-/m0/s1. The summed E-state index contributed by atoms with van der Waals surface area (Å²) >= 11 is 8.10. The number of nitrogens with zero attached hydrogens (tertiary/aromatic N) is 4. The highest BCUT2D eigenvalue weighted by Gasteiger charge is 2.42. The number of aromatic nitrogens is 1. The Balaban J connectivity index is 1.23. The Bertz CT molecular complexity index is 1920. The van der Waals surface area contributed by atoms with Crippen molar-refractivity contribution in [1.82, 2.24) is 9.88 Å². The van der Waals surface area contributed by atoms with Gasteiger partial charge in [0.2, 0.25) is 0 Å². The molecule has 0 spiro atoms. The summed E-state index contributed by atoms with van der Waals surface area (Å²) in [6.07, 6.45) is 9.14. The first kappa shape index (κ1) is 34.2. The molecule has 1 aliphatic carbocycles. The molecular formula is C37H39ClF2N4O3S2. The van der Waals surface area contributed by atoms with Crippen molar-refractivity contribution in [1.29, 1.82) is 0 Å². The maximum Gasteiger partial charge on any atom is 0.178 e. The molecule has 0 bridgehead atoms. The maximum atomic E-state index is 14.2. The van der Waals surface area contributed by atoms with Gasteiger partial charge in [0.1, 0.15) is 11.9 Å². The van der Waals surface area contributed by atoms with E-state index in [4.69, 9.17) is 21.6 Å². The van der Waals surface area contributed by atoms with Gasteiger partial charge in [0, 0.05) is 40.0 Å². The minimum Gasteiger partial charge on any atom is -0.393 e. The number of aliphatic hydroxyl groups is 1. The smallest absolute Gasteiger partial charge is 0.178 e. The SMILES string of the molecule is CC(F)CCC1C=CC(C2=C3C[C@H](CS(=O)(=O)c4ccc(C5CCC(O)CC5)cc4)CN3C(c3nccs3)=N[C@H]2c2ccc(F)cc2Cl)=N1. The number of halogens is 3. The highest BCUT2D eigenvalue weighted by atomic mass is 35.5. The van der Waals surface area contributed by atoms with Crippen molar-refractivity contribution in [3.8, 4) is 0 Å². The molecule has 7 nitrogen and oxygen atoms in total. The van der Waals surface area contributed by atoms with Gasteiger partial charge < -0.3 is 10.0 Å². The number of amidine groups is 1. The zero-order chi connectivity index (χ0) is 34.3. The molecule has 1 aromatic heterocycles. The number of aliphatic imine (C=N–C) groups is 2. The molecule has 2 fully saturated rings. The summed E-state index contributed by atoms with van der Waals surface area (Å²) < 4.78 is 55.7. The van der Waals surface area contributed by atoms with Crippen LogP contribution in [0.4, 0.5) is 8.78 Å². The molecule has 0 amide bonds. The lowest BCUT2D eigenvalue weighted by molar-refractivity contribution is 0.122. The number of aliphatic hydroxyl groups excluding tert-OH is 1. The molecule has 3 aromatic rings. The topological polar surface area (TPSA) is 95.2 Å². The zero-order valence-electron chi connectivity index (χ0n) is 27.2. The van der Waals surface area contributed by atoms with Crippen molar-refractivity contribution < 1.29 is 22.3 Å². The van der Waals surface area contributed by atoms with Crippen LogP contribution >= 0.6 is 22.9 Å². The number of fused-ring (bicyclic) bond motifs is 1. The molecule has 1 N–H and O–H groups in total. The van der Waals surface area contributed by atoms with Crippen molar-refractivity contribution in [2.75, 3.05) is 12.3 Å². The predicted octanol–water partition coefficient (Wildman–Crippen LogP) is 8.02. The summed E-state index contributed by atoms with van der Waals surface area (Å²) in [4.78, 5) is 17.1. The maximum absolute atomic E-state index is 14.2. The van der Waals surface area contributed by atoms with Crippen LogP contribution in [0, 0.1) is 11.7 Å². The van der Waals surface area contributed by atoms with Crippen LogP contribution in [0.5, 0.6) is 0 Å². The zero-order valence-corrected chi connectivity index (χ0v) is 29.6. The Hall–Kier alpha value is -3.25. The van der Waals surface area contributed by atoms with Crippen molar-refractivity contribution in [3.63, 3.8) is 0 Å². The summed E-state index contributed by atoms with van der Waals surface area (Å²) in [6.45, 7) is 1.96. The van der Waals surface area contributed by atoms with Crippen LogP contribution in [0.25, 0.3) is 0 Å².